The van der Waals surface area contributed by atoms with Gasteiger partial charge < -0.3 is 19.6 Å². The highest BCUT2D eigenvalue weighted by atomic mass is 16.5. The molecule has 2 rings (SSSR count). The van der Waals surface area contributed by atoms with Gasteiger partial charge >= 0.3 is 5.97 Å². The van der Waals surface area contributed by atoms with E-state index in [1.54, 1.807) is 24.3 Å². The highest BCUT2D eigenvalue weighted by Crippen LogP contribution is 2.31. The van der Waals surface area contributed by atoms with Crippen molar-refractivity contribution >= 4 is 5.97 Å². The largest absolute Gasteiger partial charge is 0.493 e. The number of aromatic nitrogens is 3. The summed E-state index contributed by atoms with van der Waals surface area (Å²) in [7, 11) is 1.50. The van der Waals surface area contributed by atoms with Crippen LogP contribution in [-0.4, -0.2) is 40.0 Å². The zero-order chi connectivity index (χ0) is 17.5. The maximum Gasteiger partial charge on any atom is 0.303 e. The maximum absolute atomic E-state index is 12.0. The number of nitrogens with zero attached hydrogens (tertiary/aromatic N) is 2. The minimum absolute atomic E-state index is 0.0234. The van der Waals surface area contributed by atoms with Crippen LogP contribution in [0.1, 0.15) is 12.1 Å². The van der Waals surface area contributed by atoms with E-state index in [0.29, 0.717) is 23.7 Å². The Bertz CT molecular complexity index is 801. The van der Waals surface area contributed by atoms with Crippen LogP contribution in [0, 0.1) is 0 Å². The molecule has 0 amide bonds. The van der Waals surface area contributed by atoms with Crippen molar-refractivity contribution in [1.29, 1.82) is 0 Å². The number of hydrogen-bond acceptors (Lipinski definition) is 6. The second-order valence-electron chi connectivity index (χ2n) is 4.81. The van der Waals surface area contributed by atoms with Crippen LogP contribution in [0.2, 0.25) is 0 Å². The van der Waals surface area contributed by atoms with E-state index in [1.807, 2.05) is 0 Å². The van der Waals surface area contributed by atoms with Crippen molar-refractivity contribution < 1.29 is 19.4 Å². The average Bonchev–Trinajstić information content (AvgIpc) is 2.58. The second kappa shape index (κ2) is 7.91. The minimum Gasteiger partial charge on any atom is -0.493 e. The number of rotatable bonds is 8. The first kappa shape index (κ1) is 17.2. The third kappa shape index (κ3) is 4.19. The van der Waals surface area contributed by atoms with Gasteiger partial charge in [-0.25, -0.2) is 0 Å². The SMILES string of the molecule is C=CCOc1ccc(-c2nnc(CCC(=O)O)c(=O)[nH]2)cc1OC. The summed E-state index contributed by atoms with van der Waals surface area (Å²) in [6, 6.07) is 5.06. The molecule has 2 N–H and O–H groups in total. The molecule has 0 aliphatic heterocycles. The number of ether oxygens (including phenoxy) is 2. The molecule has 8 heteroatoms. The van der Waals surface area contributed by atoms with Gasteiger partial charge in [0.05, 0.1) is 13.5 Å². The molecule has 0 radical (unpaired) electrons. The van der Waals surface area contributed by atoms with Gasteiger partial charge in [-0.15, -0.1) is 10.2 Å². The van der Waals surface area contributed by atoms with Crippen molar-refractivity contribution in [3.05, 3.63) is 46.9 Å². The zero-order valence-electron chi connectivity index (χ0n) is 13.1. The van der Waals surface area contributed by atoms with Gasteiger partial charge in [-0.05, 0) is 18.2 Å². The van der Waals surface area contributed by atoms with Crippen molar-refractivity contribution in [2.75, 3.05) is 13.7 Å². The molecule has 0 fully saturated rings. The summed E-state index contributed by atoms with van der Waals surface area (Å²) in [6.07, 6.45) is 1.46. The number of carboxylic acid groups (broad SMARTS) is 1. The van der Waals surface area contributed by atoms with Gasteiger partial charge in [-0.2, -0.15) is 0 Å². The molecule has 0 saturated heterocycles. The highest BCUT2D eigenvalue weighted by Gasteiger charge is 2.11. The molecule has 0 atom stereocenters. The molecule has 2 aromatic rings. The molecule has 0 bridgehead atoms. The van der Waals surface area contributed by atoms with Crippen LogP contribution >= 0.6 is 0 Å². The Labute approximate surface area is 137 Å². The van der Waals surface area contributed by atoms with Gasteiger partial charge in [0.2, 0.25) is 0 Å². The first-order valence-electron chi connectivity index (χ1n) is 7.15. The van der Waals surface area contributed by atoms with Gasteiger partial charge in [0.15, 0.2) is 17.3 Å². The van der Waals surface area contributed by atoms with Crippen LogP contribution in [0.25, 0.3) is 11.4 Å². The lowest BCUT2D eigenvalue weighted by molar-refractivity contribution is -0.136. The molecule has 0 aliphatic carbocycles. The zero-order valence-corrected chi connectivity index (χ0v) is 13.1. The lowest BCUT2D eigenvalue weighted by Crippen LogP contribution is -2.18. The van der Waals surface area contributed by atoms with Crippen molar-refractivity contribution in [3.8, 4) is 22.9 Å². The Hall–Kier alpha value is -3.16. The maximum atomic E-state index is 12.0. The van der Waals surface area contributed by atoms with Crippen LogP contribution in [0.3, 0.4) is 0 Å². The number of carboxylic acids is 1. The summed E-state index contributed by atoms with van der Waals surface area (Å²) in [4.78, 5) is 25.1. The summed E-state index contributed by atoms with van der Waals surface area (Å²) >= 11 is 0. The van der Waals surface area contributed by atoms with E-state index in [9.17, 15) is 9.59 Å². The molecule has 8 nitrogen and oxygen atoms in total. The summed E-state index contributed by atoms with van der Waals surface area (Å²) in [6.45, 7) is 3.92. The normalized spacial score (nSPS) is 10.2. The fourth-order valence-electron chi connectivity index (χ4n) is 1.96. The summed E-state index contributed by atoms with van der Waals surface area (Å²) in [5.41, 5.74) is 0.207. The van der Waals surface area contributed by atoms with Crippen LogP contribution in [-0.2, 0) is 11.2 Å². The topological polar surface area (TPSA) is 114 Å². The van der Waals surface area contributed by atoms with Crippen molar-refractivity contribution in [2.45, 2.75) is 12.8 Å². The van der Waals surface area contributed by atoms with E-state index in [2.05, 4.69) is 21.8 Å². The van der Waals surface area contributed by atoms with E-state index in [1.165, 1.54) is 7.11 Å². The molecule has 0 unspecified atom stereocenters. The molecule has 0 saturated carbocycles. The fraction of sp³-hybridized carbons (Fsp3) is 0.250. The molecule has 1 heterocycles. The summed E-state index contributed by atoms with van der Waals surface area (Å²) in [5, 5.41) is 16.4. The van der Waals surface area contributed by atoms with E-state index in [0.717, 1.165) is 0 Å². The van der Waals surface area contributed by atoms with Crippen molar-refractivity contribution in [2.24, 2.45) is 0 Å². The summed E-state index contributed by atoms with van der Waals surface area (Å²) in [5.74, 6) is 0.272. The lowest BCUT2D eigenvalue weighted by atomic mass is 10.2. The number of aliphatic carboxylic acids is 1. The van der Waals surface area contributed by atoms with Gasteiger partial charge in [-0.1, -0.05) is 12.7 Å². The Morgan fingerprint density at radius 2 is 2.17 bits per heavy atom. The van der Waals surface area contributed by atoms with E-state index >= 15 is 0 Å². The molecule has 1 aromatic heterocycles. The Kier molecular flexibility index (Phi) is 5.67. The molecule has 0 spiro atoms. The number of carbonyl (C=O) groups is 1. The van der Waals surface area contributed by atoms with Crippen LogP contribution in [0.5, 0.6) is 11.5 Å². The average molecular weight is 331 g/mol. The lowest BCUT2D eigenvalue weighted by Gasteiger charge is -2.10. The van der Waals surface area contributed by atoms with E-state index < -0.39 is 11.5 Å². The van der Waals surface area contributed by atoms with E-state index in [4.69, 9.17) is 14.6 Å². The first-order chi connectivity index (χ1) is 11.5. The quantitative estimate of drug-likeness (QED) is 0.703. The molecular weight excluding hydrogens is 314 g/mol. The van der Waals surface area contributed by atoms with Crippen LogP contribution in [0.15, 0.2) is 35.6 Å². The molecule has 0 aliphatic rings. The first-order valence-corrected chi connectivity index (χ1v) is 7.15. The monoisotopic (exact) mass is 331 g/mol. The third-order valence-corrected chi connectivity index (χ3v) is 3.13. The minimum atomic E-state index is -1.000. The molecule has 24 heavy (non-hydrogen) atoms. The van der Waals surface area contributed by atoms with Crippen LogP contribution < -0.4 is 15.0 Å². The smallest absolute Gasteiger partial charge is 0.303 e. The molecule has 1 aromatic carbocycles. The Morgan fingerprint density at radius 1 is 1.38 bits per heavy atom. The number of methoxy groups -OCH3 is 1. The fourth-order valence-corrected chi connectivity index (χ4v) is 1.96. The third-order valence-electron chi connectivity index (χ3n) is 3.13. The number of aryl methyl sites for hydroxylation is 1. The van der Waals surface area contributed by atoms with Gasteiger partial charge in [0.1, 0.15) is 12.3 Å². The molecule has 126 valence electrons. The highest BCUT2D eigenvalue weighted by molar-refractivity contribution is 5.67. The number of hydrogen-bond donors (Lipinski definition) is 2. The number of H-pyrrole nitrogens is 1. The predicted molar refractivity (Wildman–Crippen MR) is 86.3 cm³/mol. The Balaban J connectivity index is 2.28. The number of benzene rings is 1. The number of nitrogens with one attached hydrogen (secondary N) is 1. The van der Waals surface area contributed by atoms with Crippen molar-refractivity contribution in [3.63, 3.8) is 0 Å². The van der Waals surface area contributed by atoms with Gasteiger partial charge in [0.25, 0.3) is 5.56 Å². The standard InChI is InChI=1S/C16H17N3O5/c1-3-8-24-12-6-4-10(9-13(12)23-2)15-17-16(22)11(18-19-15)5-7-14(20)21/h3-4,6,9H,1,5,7-8H2,2H3,(H,20,21)(H,17,19,22). The van der Waals surface area contributed by atoms with Crippen molar-refractivity contribution in [1.82, 2.24) is 15.2 Å². The van der Waals surface area contributed by atoms with Crippen LogP contribution in [0.4, 0.5) is 0 Å². The second-order valence-corrected chi connectivity index (χ2v) is 4.81. The van der Waals surface area contributed by atoms with Gasteiger partial charge in [-0.3, -0.25) is 9.59 Å². The van der Waals surface area contributed by atoms with Gasteiger partial charge in [0, 0.05) is 12.0 Å². The van der Waals surface area contributed by atoms with E-state index in [-0.39, 0.29) is 24.4 Å². The number of aromatic amines is 1. The Morgan fingerprint density at radius 3 is 2.79 bits per heavy atom. The molecular formula is C16H17N3O5. The predicted octanol–water partition coefficient (Wildman–Crippen LogP) is 1.42. The summed E-state index contributed by atoms with van der Waals surface area (Å²) < 4.78 is 10.7.